The van der Waals surface area contributed by atoms with Crippen molar-refractivity contribution in [2.45, 2.75) is 31.0 Å². The molecular formula is C7H13NO5. The second-order valence-electron chi connectivity index (χ2n) is 2.92. The van der Waals surface area contributed by atoms with Crippen molar-refractivity contribution in [1.82, 2.24) is 0 Å². The van der Waals surface area contributed by atoms with Gasteiger partial charge in [-0.1, -0.05) is 5.18 Å². The SMILES string of the molecule is CO[C@H]1C[C@@H](N=O)[C@@H](O)[C@@H](CO)O1. The zero-order valence-corrected chi connectivity index (χ0v) is 7.29. The maximum absolute atomic E-state index is 10.3. The molecule has 1 aliphatic rings. The van der Waals surface area contributed by atoms with E-state index in [-0.39, 0.29) is 13.0 Å². The van der Waals surface area contributed by atoms with Crippen molar-refractivity contribution < 1.29 is 19.7 Å². The third kappa shape index (κ3) is 2.22. The van der Waals surface area contributed by atoms with E-state index < -0.39 is 24.5 Å². The number of rotatable bonds is 3. The van der Waals surface area contributed by atoms with Crippen molar-refractivity contribution in [2.75, 3.05) is 13.7 Å². The predicted octanol–water partition coefficient (Wildman–Crippen LogP) is -0.764. The minimum absolute atomic E-state index is 0.220. The van der Waals surface area contributed by atoms with E-state index in [1.807, 2.05) is 0 Å². The Hall–Kier alpha value is -0.560. The molecule has 6 heteroatoms. The van der Waals surface area contributed by atoms with Crippen molar-refractivity contribution in [3.63, 3.8) is 0 Å². The minimum Gasteiger partial charge on any atom is -0.394 e. The van der Waals surface area contributed by atoms with Crippen molar-refractivity contribution >= 4 is 0 Å². The molecule has 0 radical (unpaired) electrons. The summed E-state index contributed by atoms with van der Waals surface area (Å²) in [6, 6.07) is -0.768. The van der Waals surface area contributed by atoms with E-state index in [1.54, 1.807) is 0 Å². The lowest BCUT2D eigenvalue weighted by atomic mass is 10.00. The van der Waals surface area contributed by atoms with Gasteiger partial charge in [0.1, 0.15) is 18.2 Å². The summed E-state index contributed by atoms with van der Waals surface area (Å²) in [6.07, 6.45) is -2.20. The highest BCUT2D eigenvalue weighted by molar-refractivity contribution is 4.87. The highest BCUT2D eigenvalue weighted by Crippen LogP contribution is 2.22. The van der Waals surface area contributed by atoms with Gasteiger partial charge < -0.3 is 19.7 Å². The van der Waals surface area contributed by atoms with Crippen molar-refractivity contribution in [1.29, 1.82) is 0 Å². The zero-order chi connectivity index (χ0) is 9.84. The molecule has 0 aromatic carbocycles. The van der Waals surface area contributed by atoms with E-state index in [0.29, 0.717) is 0 Å². The number of nitroso groups, excluding NO2 is 1. The summed E-state index contributed by atoms with van der Waals surface area (Å²) < 4.78 is 9.97. The van der Waals surface area contributed by atoms with Crippen LogP contribution in [0.25, 0.3) is 0 Å². The Kier molecular flexibility index (Phi) is 3.73. The van der Waals surface area contributed by atoms with E-state index >= 15 is 0 Å². The lowest BCUT2D eigenvalue weighted by Crippen LogP contribution is -2.49. The Morgan fingerprint density at radius 2 is 2.38 bits per heavy atom. The standard InChI is InChI=1S/C7H13NO5/c1-12-6-2-4(8-11)7(10)5(3-9)13-6/h4-7,9-10H,2-3H2,1H3/t4-,5-,6-,7-/m1/s1. The van der Waals surface area contributed by atoms with Crippen LogP contribution in [0.1, 0.15) is 6.42 Å². The lowest BCUT2D eigenvalue weighted by molar-refractivity contribution is -0.224. The lowest BCUT2D eigenvalue weighted by Gasteiger charge is -2.34. The first-order valence-electron chi connectivity index (χ1n) is 4.02. The molecule has 6 nitrogen and oxygen atoms in total. The normalized spacial score (nSPS) is 40.2. The summed E-state index contributed by atoms with van der Waals surface area (Å²) in [5.41, 5.74) is 0. The van der Waals surface area contributed by atoms with Crippen LogP contribution >= 0.6 is 0 Å². The third-order valence-electron chi connectivity index (χ3n) is 2.11. The Balaban J connectivity index is 2.61. The number of hydrogen-bond acceptors (Lipinski definition) is 6. The molecule has 1 aliphatic heterocycles. The molecule has 0 unspecified atom stereocenters. The Labute approximate surface area is 75.4 Å². The van der Waals surface area contributed by atoms with Crippen LogP contribution in [0.3, 0.4) is 0 Å². The first-order valence-corrected chi connectivity index (χ1v) is 4.02. The summed E-state index contributed by atoms with van der Waals surface area (Å²) in [5, 5.41) is 21.0. The first-order chi connectivity index (χ1) is 6.22. The number of ether oxygens (including phenoxy) is 2. The first kappa shape index (κ1) is 10.5. The van der Waals surface area contributed by atoms with Gasteiger partial charge in [0.2, 0.25) is 0 Å². The van der Waals surface area contributed by atoms with Gasteiger partial charge in [0, 0.05) is 13.5 Å². The molecule has 76 valence electrons. The molecule has 0 aromatic heterocycles. The Bertz CT molecular complexity index is 176. The van der Waals surface area contributed by atoms with E-state index in [1.165, 1.54) is 7.11 Å². The number of methoxy groups -OCH3 is 1. The van der Waals surface area contributed by atoms with Gasteiger partial charge in [-0.25, -0.2) is 0 Å². The Morgan fingerprint density at radius 3 is 2.85 bits per heavy atom. The summed E-state index contributed by atoms with van der Waals surface area (Å²) in [7, 11) is 1.43. The molecule has 1 rings (SSSR count). The van der Waals surface area contributed by atoms with Crippen LogP contribution in [0.2, 0.25) is 0 Å². The van der Waals surface area contributed by atoms with E-state index in [9.17, 15) is 10.0 Å². The number of aliphatic hydroxyl groups is 2. The van der Waals surface area contributed by atoms with Gasteiger partial charge in [-0.15, -0.1) is 0 Å². The van der Waals surface area contributed by atoms with E-state index in [0.717, 1.165) is 0 Å². The van der Waals surface area contributed by atoms with E-state index in [4.69, 9.17) is 14.6 Å². The van der Waals surface area contributed by atoms with Crippen LogP contribution in [0.4, 0.5) is 0 Å². The smallest absolute Gasteiger partial charge is 0.160 e. The molecule has 0 amide bonds. The fraction of sp³-hybridized carbons (Fsp3) is 1.00. The fourth-order valence-electron chi connectivity index (χ4n) is 1.32. The maximum atomic E-state index is 10.3. The number of nitrogens with zero attached hydrogens (tertiary/aromatic N) is 1. The fourth-order valence-corrected chi connectivity index (χ4v) is 1.32. The average Bonchev–Trinajstić information content (AvgIpc) is 2.18. The monoisotopic (exact) mass is 191 g/mol. The average molecular weight is 191 g/mol. The summed E-state index contributed by atoms with van der Waals surface area (Å²) in [5.74, 6) is 0. The molecule has 0 spiro atoms. The molecule has 1 heterocycles. The molecule has 4 atom stereocenters. The largest absolute Gasteiger partial charge is 0.394 e. The van der Waals surface area contributed by atoms with Crippen molar-refractivity contribution in [2.24, 2.45) is 5.18 Å². The van der Waals surface area contributed by atoms with Gasteiger partial charge in [-0.2, -0.15) is 4.91 Å². The highest BCUT2D eigenvalue weighted by Gasteiger charge is 2.38. The van der Waals surface area contributed by atoms with Crippen LogP contribution < -0.4 is 0 Å². The number of aliphatic hydroxyl groups excluding tert-OH is 2. The summed E-state index contributed by atoms with van der Waals surface area (Å²) in [6.45, 7) is -0.354. The van der Waals surface area contributed by atoms with E-state index in [2.05, 4.69) is 5.18 Å². The third-order valence-corrected chi connectivity index (χ3v) is 2.11. The van der Waals surface area contributed by atoms with Gasteiger partial charge >= 0.3 is 0 Å². The van der Waals surface area contributed by atoms with Gasteiger partial charge in [-0.05, 0) is 0 Å². The molecule has 1 fully saturated rings. The molecule has 0 bridgehead atoms. The van der Waals surface area contributed by atoms with Crippen LogP contribution in [0.5, 0.6) is 0 Å². The van der Waals surface area contributed by atoms with Gasteiger partial charge in [0.15, 0.2) is 6.29 Å². The molecule has 0 aliphatic carbocycles. The molecule has 0 aromatic rings. The second-order valence-corrected chi connectivity index (χ2v) is 2.92. The van der Waals surface area contributed by atoms with Crippen LogP contribution in [-0.4, -0.2) is 48.5 Å². The van der Waals surface area contributed by atoms with Gasteiger partial charge in [-0.3, -0.25) is 0 Å². The van der Waals surface area contributed by atoms with Crippen LogP contribution in [0.15, 0.2) is 5.18 Å². The molecular weight excluding hydrogens is 178 g/mol. The van der Waals surface area contributed by atoms with Crippen molar-refractivity contribution in [3.05, 3.63) is 4.91 Å². The topological polar surface area (TPSA) is 88.4 Å². The zero-order valence-electron chi connectivity index (χ0n) is 7.29. The highest BCUT2D eigenvalue weighted by atomic mass is 16.7. The maximum Gasteiger partial charge on any atom is 0.160 e. The summed E-state index contributed by atoms with van der Waals surface area (Å²) in [4.78, 5) is 10.3. The quantitative estimate of drug-likeness (QED) is 0.572. The van der Waals surface area contributed by atoms with Crippen molar-refractivity contribution in [3.8, 4) is 0 Å². The molecule has 0 saturated carbocycles. The minimum atomic E-state index is -1.05. The summed E-state index contributed by atoms with van der Waals surface area (Å²) >= 11 is 0. The molecule has 2 N–H and O–H groups in total. The predicted molar refractivity (Wildman–Crippen MR) is 43.0 cm³/mol. The van der Waals surface area contributed by atoms with Crippen LogP contribution in [-0.2, 0) is 9.47 Å². The molecule has 13 heavy (non-hydrogen) atoms. The molecule has 1 saturated heterocycles. The number of hydrogen-bond donors (Lipinski definition) is 2. The van der Waals surface area contributed by atoms with Gasteiger partial charge in [0.25, 0.3) is 0 Å². The second kappa shape index (κ2) is 4.61. The Morgan fingerprint density at radius 1 is 1.69 bits per heavy atom. The van der Waals surface area contributed by atoms with Gasteiger partial charge in [0.05, 0.1) is 6.61 Å². The van der Waals surface area contributed by atoms with Crippen LogP contribution in [0, 0.1) is 4.91 Å².